The number of para-hydroxylation sites is 1. The van der Waals surface area contributed by atoms with E-state index in [1.165, 1.54) is 7.11 Å². The Labute approximate surface area is 119 Å². The number of fused-ring (bicyclic) bond motifs is 1. The maximum atomic E-state index is 11.8. The van der Waals surface area contributed by atoms with Crippen molar-refractivity contribution in [2.75, 3.05) is 12.4 Å². The van der Waals surface area contributed by atoms with Crippen molar-refractivity contribution in [2.24, 2.45) is 5.92 Å². The first-order valence-electron chi connectivity index (χ1n) is 6.80. The first-order chi connectivity index (χ1) is 9.60. The number of carbonyl (C=O) groups excluding carboxylic acids is 1. The Bertz CT molecular complexity index is 596. The molecule has 1 atom stereocenters. The second-order valence-electron chi connectivity index (χ2n) is 5.24. The number of ether oxygens (including phenoxy) is 1. The van der Waals surface area contributed by atoms with Crippen LogP contribution in [0.1, 0.15) is 20.3 Å². The van der Waals surface area contributed by atoms with Gasteiger partial charge in [0.05, 0.1) is 12.6 Å². The van der Waals surface area contributed by atoms with Crippen LogP contribution >= 0.6 is 0 Å². The average molecular weight is 272 g/mol. The van der Waals surface area contributed by atoms with Crippen LogP contribution in [0.4, 0.5) is 5.82 Å². The molecule has 0 bridgehead atoms. The molecule has 106 valence electrons. The number of anilines is 1. The van der Waals surface area contributed by atoms with Crippen LogP contribution in [-0.4, -0.2) is 24.1 Å². The minimum absolute atomic E-state index is 0.256. The number of pyridine rings is 1. The molecule has 20 heavy (non-hydrogen) atoms. The Morgan fingerprint density at radius 3 is 2.70 bits per heavy atom. The standard InChI is InChI=1S/C16H20N2O2/c1-11(2)10-14(16(19)20-3)18-15-9-8-12-6-4-5-7-13(12)17-15/h4-9,11,14H,10H2,1-3H3,(H,17,18). The van der Waals surface area contributed by atoms with Gasteiger partial charge < -0.3 is 10.1 Å². The van der Waals surface area contributed by atoms with Crippen LogP contribution in [0.15, 0.2) is 36.4 Å². The summed E-state index contributed by atoms with van der Waals surface area (Å²) in [4.78, 5) is 16.3. The van der Waals surface area contributed by atoms with Crippen LogP contribution in [0.25, 0.3) is 10.9 Å². The molecule has 1 N–H and O–H groups in total. The molecule has 0 aliphatic carbocycles. The van der Waals surface area contributed by atoms with E-state index in [0.717, 1.165) is 10.9 Å². The number of carbonyl (C=O) groups is 1. The molecule has 1 aromatic heterocycles. The summed E-state index contributed by atoms with van der Waals surface area (Å²) in [5.41, 5.74) is 0.908. The Morgan fingerprint density at radius 1 is 1.25 bits per heavy atom. The number of hydrogen-bond donors (Lipinski definition) is 1. The molecule has 1 aromatic carbocycles. The van der Waals surface area contributed by atoms with Gasteiger partial charge in [-0.15, -0.1) is 0 Å². The number of methoxy groups -OCH3 is 1. The van der Waals surface area contributed by atoms with E-state index in [9.17, 15) is 4.79 Å². The molecule has 0 saturated heterocycles. The summed E-state index contributed by atoms with van der Waals surface area (Å²) in [6, 6.07) is 11.4. The third kappa shape index (κ3) is 3.47. The normalized spacial score (nSPS) is 12.4. The predicted octanol–water partition coefficient (Wildman–Crippen LogP) is 3.23. The number of esters is 1. The summed E-state index contributed by atoms with van der Waals surface area (Å²) in [6.45, 7) is 4.15. The highest BCUT2D eigenvalue weighted by Gasteiger charge is 2.20. The Morgan fingerprint density at radius 2 is 2.00 bits per heavy atom. The maximum Gasteiger partial charge on any atom is 0.328 e. The summed E-state index contributed by atoms with van der Waals surface area (Å²) in [5, 5.41) is 4.25. The second-order valence-corrected chi connectivity index (χ2v) is 5.24. The van der Waals surface area contributed by atoms with Gasteiger partial charge in [0.15, 0.2) is 0 Å². The summed E-state index contributed by atoms with van der Waals surface area (Å²) >= 11 is 0. The summed E-state index contributed by atoms with van der Waals surface area (Å²) < 4.78 is 4.84. The van der Waals surface area contributed by atoms with E-state index >= 15 is 0 Å². The minimum atomic E-state index is -0.367. The largest absolute Gasteiger partial charge is 0.467 e. The molecule has 2 rings (SSSR count). The topological polar surface area (TPSA) is 51.2 Å². The number of hydrogen-bond acceptors (Lipinski definition) is 4. The lowest BCUT2D eigenvalue weighted by Crippen LogP contribution is -2.32. The Hall–Kier alpha value is -2.10. The highest BCUT2D eigenvalue weighted by Crippen LogP contribution is 2.17. The SMILES string of the molecule is COC(=O)C(CC(C)C)Nc1ccc2ccccc2n1. The average Bonchev–Trinajstić information content (AvgIpc) is 2.45. The maximum absolute atomic E-state index is 11.8. The van der Waals surface area contributed by atoms with Gasteiger partial charge >= 0.3 is 5.97 Å². The lowest BCUT2D eigenvalue weighted by atomic mass is 10.0. The van der Waals surface area contributed by atoms with Gasteiger partial charge in [-0.2, -0.15) is 0 Å². The van der Waals surface area contributed by atoms with Gasteiger partial charge in [-0.05, 0) is 30.5 Å². The van der Waals surface area contributed by atoms with E-state index in [1.54, 1.807) is 0 Å². The molecule has 0 radical (unpaired) electrons. The molecule has 0 aliphatic heterocycles. The second kappa shape index (κ2) is 6.37. The summed E-state index contributed by atoms with van der Waals surface area (Å²) in [5.74, 6) is 0.834. The van der Waals surface area contributed by atoms with Crippen LogP contribution in [0.5, 0.6) is 0 Å². The molecule has 1 heterocycles. The van der Waals surface area contributed by atoms with Crippen molar-refractivity contribution in [3.63, 3.8) is 0 Å². The third-order valence-corrected chi connectivity index (χ3v) is 3.11. The number of rotatable bonds is 5. The Balaban J connectivity index is 2.21. The predicted molar refractivity (Wildman–Crippen MR) is 80.6 cm³/mol. The van der Waals surface area contributed by atoms with Gasteiger partial charge in [0.2, 0.25) is 0 Å². The fourth-order valence-electron chi connectivity index (χ4n) is 2.15. The zero-order valence-electron chi connectivity index (χ0n) is 12.1. The molecule has 2 aromatic rings. The lowest BCUT2D eigenvalue weighted by Gasteiger charge is -2.19. The van der Waals surface area contributed by atoms with Gasteiger partial charge in [0.25, 0.3) is 0 Å². The van der Waals surface area contributed by atoms with Crippen molar-refractivity contribution in [3.8, 4) is 0 Å². The number of benzene rings is 1. The number of nitrogens with one attached hydrogen (secondary N) is 1. The highest BCUT2D eigenvalue weighted by molar-refractivity contribution is 5.82. The van der Waals surface area contributed by atoms with Gasteiger partial charge in [-0.1, -0.05) is 32.0 Å². The number of aromatic nitrogens is 1. The first-order valence-corrected chi connectivity index (χ1v) is 6.80. The van der Waals surface area contributed by atoms with Crippen molar-refractivity contribution >= 4 is 22.7 Å². The van der Waals surface area contributed by atoms with Crippen molar-refractivity contribution in [3.05, 3.63) is 36.4 Å². The zero-order chi connectivity index (χ0) is 14.5. The van der Waals surface area contributed by atoms with E-state index in [1.807, 2.05) is 36.4 Å². The molecule has 4 heteroatoms. The molecule has 4 nitrogen and oxygen atoms in total. The summed E-state index contributed by atoms with van der Waals surface area (Å²) in [6.07, 6.45) is 0.710. The molecule has 0 spiro atoms. The van der Waals surface area contributed by atoms with Crippen molar-refractivity contribution < 1.29 is 9.53 Å². The van der Waals surface area contributed by atoms with Gasteiger partial charge in [-0.3, -0.25) is 0 Å². The fourth-order valence-corrected chi connectivity index (χ4v) is 2.15. The molecule has 0 fully saturated rings. The van der Waals surface area contributed by atoms with Crippen LogP contribution in [0.3, 0.4) is 0 Å². The van der Waals surface area contributed by atoms with Crippen LogP contribution in [0, 0.1) is 5.92 Å². The van der Waals surface area contributed by atoms with E-state index in [2.05, 4.69) is 24.1 Å². The monoisotopic (exact) mass is 272 g/mol. The molecular formula is C16H20N2O2. The fraction of sp³-hybridized carbons (Fsp3) is 0.375. The van der Waals surface area contributed by atoms with E-state index in [0.29, 0.717) is 18.2 Å². The van der Waals surface area contributed by atoms with Crippen LogP contribution in [-0.2, 0) is 9.53 Å². The van der Waals surface area contributed by atoms with Gasteiger partial charge in [0, 0.05) is 5.39 Å². The van der Waals surface area contributed by atoms with Crippen molar-refractivity contribution in [2.45, 2.75) is 26.3 Å². The van der Waals surface area contributed by atoms with Gasteiger partial charge in [-0.25, -0.2) is 9.78 Å². The van der Waals surface area contributed by atoms with Gasteiger partial charge in [0.1, 0.15) is 11.9 Å². The number of nitrogens with zero attached hydrogens (tertiary/aromatic N) is 1. The van der Waals surface area contributed by atoms with E-state index in [-0.39, 0.29) is 12.0 Å². The van der Waals surface area contributed by atoms with Crippen molar-refractivity contribution in [1.29, 1.82) is 0 Å². The van der Waals surface area contributed by atoms with E-state index < -0.39 is 0 Å². The lowest BCUT2D eigenvalue weighted by molar-refractivity contribution is -0.141. The van der Waals surface area contributed by atoms with Crippen LogP contribution in [0.2, 0.25) is 0 Å². The molecule has 0 aliphatic rings. The van der Waals surface area contributed by atoms with Crippen LogP contribution < -0.4 is 5.32 Å². The zero-order valence-corrected chi connectivity index (χ0v) is 12.1. The smallest absolute Gasteiger partial charge is 0.328 e. The first kappa shape index (κ1) is 14.3. The molecule has 0 saturated carbocycles. The molecule has 1 unspecified atom stereocenters. The third-order valence-electron chi connectivity index (χ3n) is 3.11. The quantitative estimate of drug-likeness (QED) is 0.849. The Kier molecular flexibility index (Phi) is 4.56. The summed E-state index contributed by atoms with van der Waals surface area (Å²) in [7, 11) is 1.41. The van der Waals surface area contributed by atoms with E-state index in [4.69, 9.17) is 4.74 Å². The minimum Gasteiger partial charge on any atom is -0.467 e. The molecule has 0 amide bonds. The van der Waals surface area contributed by atoms with Crippen molar-refractivity contribution in [1.82, 2.24) is 4.98 Å². The highest BCUT2D eigenvalue weighted by atomic mass is 16.5. The molecular weight excluding hydrogens is 252 g/mol.